The van der Waals surface area contributed by atoms with E-state index in [2.05, 4.69) is 78.3 Å². The highest BCUT2D eigenvalue weighted by Gasteiger charge is 2.18. The molecule has 0 saturated heterocycles. The average Bonchev–Trinajstić information content (AvgIpc) is 2.73. The Morgan fingerprint density at radius 2 is 1.72 bits per heavy atom. The van der Waals surface area contributed by atoms with Crippen LogP contribution in [-0.2, 0) is 0 Å². The molecule has 0 spiro atoms. The lowest BCUT2D eigenvalue weighted by molar-refractivity contribution is 0.990. The molecule has 0 heterocycles. The van der Waals surface area contributed by atoms with E-state index in [1.54, 1.807) is 0 Å². The summed E-state index contributed by atoms with van der Waals surface area (Å²) >= 11 is 3.69. The molecule has 0 nitrogen and oxygen atoms in total. The minimum Gasteiger partial charge on any atom is -0.0766 e. The SMILES string of the molecule is Cc1ccc(-c2c(Br)ccc3c2C=CC3C)cc1. The Morgan fingerprint density at radius 3 is 2.44 bits per heavy atom. The fourth-order valence-electron chi connectivity index (χ4n) is 2.54. The molecule has 1 atom stereocenters. The molecular formula is C17H15Br. The normalized spacial score (nSPS) is 16.9. The van der Waals surface area contributed by atoms with E-state index < -0.39 is 0 Å². The Labute approximate surface area is 116 Å². The van der Waals surface area contributed by atoms with Gasteiger partial charge in [-0.3, -0.25) is 0 Å². The van der Waals surface area contributed by atoms with Crippen LogP contribution in [0.1, 0.15) is 29.5 Å². The molecule has 0 aromatic heterocycles. The maximum absolute atomic E-state index is 3.69. The van der Waals surface area contributed by atoms with Crippen LogP contribution in [0.25, 0.3) is 17.2 Å². The molecule has 2 aromatic rings. The monoisotopic (exact) mass is 298 g/mol. The Morgan fingerprint density at radius 1 is 1.00 bits per heavy atom. The number of benzene rings is 2. The molecule has 1 heteroatoms. The van der Waals surface area contributed by atoms with Crippen molar-refractivity contribution in [3.8, 4) is 11.1 Å². The van der Waals surface area contributed by atoms with Crippen molar-refractivity contribution >= 4 is 22.0 Å². The number of rotatable bonds is 1. The smallest absolute Gasteiger partial charge is 0.0259 e. The second-order valence-electron chi connectivity index (χ2n) is 4.94. The summed E-state index contributed by atoms with van der Waals surface area (Å²) in [5.41, 5.74) is 6.68. The van der Waals surface area contributed by atoms with Gasteiger partial charge in [0.05, 0.1) is 0 Å². The van der Waals surface area contributed by atoms with Gasteiger partial charge in [-0.25, -0.2) is 0 Å². The number of hydrogen-bond acceptors (Lipinski definition) is 0. The molecule has 0 radical (unpaired) electrons. The van der Waals surface area contributed by atoms with Crippen molar-refractivity contribution in [3.63, 3.8) is 0 Å². The van der Waals surface area contributed by atoms with E-state index in [9.17, 15) is 0 Å². The van der Waals surface area contributed by atoms with E-state index in [1.807, 2.05) is 0 Å². The maximum Gasteiger partial charge on any atom is 0.0259 e. The third-order valence-electron chi connectivity index (χ3n) is 3.61. The van der Waals surface area contributed by atoms with Gasteiger partial charge < -0.3 is 0 Å². The van der Waals surface area contributed by atoms with E-state index in [0.717, 1.165) is 0 Å². The van der Waals surface area contributed by atoms with Gasteiger partial charge in [0, 0.05) is 10.0 Å². The van der Waals surface area contributed by atoms with Gasteiger partial charge in [-0.05, 0) is 35.6 Å². The summed E-state index contributed by atoms with van der Waals surface area (Å²) in [6, 6.07) is 13.1. The summed E-state index contributed by atoms with van der Waals surface area (Å²) < 4.78 is 1.17. The first-order valence-corrected chi connectivity index (χ1v) is 7.04. The molecule has 0 amide bonds. The van der Waals surface area contributed by atoms with Gasteiger partial charge in [0.15, 0.2) is 0 Å². The minimum absolute atomic E-state index is 0.525. The summed E-state index contributed by atoms with van der Waals surface area (Å²) in [5.74, 6) is 0.525. The van der Waals surface area contributed by atoms with Crippen molar-refractivity contribution in [2.24, 2.45) is 0 Å². The summed E-state index contributed by atoms with van der Waals surface area (Å²) in [6.07, 6.45) is 4.52. The van der Waals surface area contributed by atoms with Gasteiger partial charge in [0.25, 0.3) is 0 Å². The van der Waals surface area contributed by atoms with Crippen LogP contribution in [-0.4, -0.2) is 0 Å². The van der Waals surface area contributed by atoms with Crippen molar-refractivity contribution in [1.82, 2.24) is 0 Å². The number of allylic oxidation sites excluding steroid dienone is 1. The zero-order chi connectivity index (χ0) is 12.7. The zero-order valence-corrected chi connectivity index (χ0v) is 12.2. The molecule has 1 aliphatic rings. The Bertz CT molecular complexity index is 621. The molecule has 0 N–H and O–H groups in total. The van der Waals surface area contributed by atoms with Crippen LogP contribution in [0.5, 0.6) is 0 Å². The van der Waals surface area contributed by atoms with Crippen molar-refractivity contribution in [2.45, 2.75) is 19.8 Å². The molecule has 1 unspecified atom stereocenters. The number of fused-ring (bicyclic) bond motifs is 1. The lowest BCUT2D eigenvalue weighted by Crippen LogP contribution is -1.91. The van der Waals surface area contributed by atoms with Crippen molar-refractivity contribution in [3.05, 3.63) is 63.6 Å². The fourth-order valence-corrected chi connectivity index (χ4v) is 3.12. The lowest BCUT2D eigenvalue weighted by atomic mass is 9.94. The highest BCUT2D eigenvalue weighted by Crippen LogP contribution is 2.40. The molecule has 0 aliphatic heterocycles. The molecule has 0 bridgehead atoms. The van der Waals surface area contributed by atoms with Crippen LogP contribution in [0.3, 0.4) is 0 Å². The van der Waals surface area contributed by atoms with Gasteiger partial charge in [-0.2, -0.15) is 0 Å². The van der Waals surface area contributed by atoms with Crippen LogP contribution in [0.15, 0.2) is 46.9 Å². The summed E-state index contributed by atoms with van der Waals surface area (Å²) in [7, 11) is 0. The molecule has 18 heavy (non-hydrogen) atoms. The largest absolute Gasteiger partial charge is 0.0766 e. The first-order valence-electron chi connectivity index (χ1n) is 6.24. The van der Waals surface area contributed by atoms with Gasteiger partial charge >= 0.3 is 0 Å². The lowest BCUT2D eigenvalue weighted by Gasteiger charge is -2.13. The van der Waals surface area contributed by atoms with Crippen LogP contribution in [0.4, 0.5) is 0 Å². The van der Waals surface area contributed by atoms with Crippen molar-refractivity contribution in [1.29, 1.82) is 0 Å². The molecular weight excluding hydrogens is 284 g/mol. The van der Waals surface area contributed by atoms with Gasteiger partial charge in [-0.1, -0.05) is 70.9 Å². The number of aryl methyl sites for hydroxylation is 1. The number of hydrogen-bond donors (Lipinski definition) is 0. The molecule has 90 valence electrons. The molecule has 0 saturated carbocycles. The maximum atomic E-state index is 3.69. The second-order valence-corrected chi connectivity index (χ2v) is 5.79. The Kier molecular flexibility index (Phi) is 2.87. The Hall–Kier alpha value is -1.34. The standard InChI is InChI=1S/C17H15Br/c1-11-3-6-13(7-4-11)17-15-8-5-12(2)14(15)9-10-16(17)18/h3-10,12H,1-2H3. The summed E-state index contributed by atoms with van der Waals surface area (Å²) in [6.45, 7) is 4.37. The molecule has 0 fully saturated rings. The predicted molar refractivity (Wildman–Crippen MR) is 81.8 cm³/mol. The highest BCUT2D eigenvalue weighted by atomic mass is 79.9. The predicted octanol–water partition coefficient (Wildman–Crippen LogP) is 5.55. The van der Waals surface area contributed by atoms with E-state index in [-0.39, 0.29) is 0 Å². The van der Waals surface area contributed by atoms with E-state index in [0.29, 0.717) is 5.92 Å². The highest BCUT2D eigenvalue weighted by molar-refractivity contribution is 9.10. The number of halogens is 1. The molecule has 3 rings (SSSR count). The fraction of sp³-hybridized carbons (Fsp3) is 0.176. The molecule has 1 aliphatic carbocycles. The van der Waals surface area contributed by atoms with Crippen LogP contribution >= 0.6 is 15.9 Å². The quantitative estimate of drug-likeness (QED) is 0.647. The molecule has 2 aromatic carbocycles. The topological polar surface area (TPSA) is 0 Å². The van der Waals surface area contributed by atoms with E-state index >= 15 is 0 Å². The van der Waals surface area contributed by atoms with Crippen LogP contribution < -0.4 is 0 Å². The van der Waals surface area contributed by atoms with E-state index in [4.69, 9.17) is 0 Å². The first-order chi connectivity index (χ1) is 8.66. The van der Waals surface area contributed by atoms with E-state index in [1.165, 1.54) is 32.3 Å². The minimum atomic E-state index is 0.525. The summed E-state index contributed by atoms with van der Waals surface area (Å²) in [5, 5.41) is 0. The zero-order valence-electron chi connectivity index (χ0n) is 10.6. The van der Waals surface area contributed by atoms with Crippen molar-refractivity contribution < 1.29 is 0 Å². The van der Waals surface area contributed by atoms with Crippen molar-refractivity contribution in [2.75, 3.05) is 0 Å². The van der Waals surface area contributed by atoms with Crippen LogP contribution in [0, 0.1) is 6.92 Å². The second kappa shape index (κ2) is 4.40. The van der Waals surface area contributed by atoms with Gasteiger partial charge in [0.1, 0.15) is 0 Å². The van der Waals surface area contributed by atoms with Crippen LogP contribution in [0.2, 0.25) is 0 Å². The van der Waals surface area contributed by atoms with Gasteiger partial charge in [-0.15, -0.1) is 0 Å². The first kappa shape index (κ1) is 11.7. The third kappa shape index (κ3) is 1.83. The van der Waals surface area contributed by atoms with Gasteiger partial charge in [0.2, 0.25) is 0 Å². The Balaban J connectivity index is 2.23. The average molecular weight is 299 g/mol. The summed E-state index contributed by atoms with van der Waals surface area (Å²) in [4.78, 5) is 0. The third-order valence-corrected chi connectivity index (χ3v) is 4.27.